The first-order valence-corrected chi connectivity index (χ1v) is 4.99. The second-order valence-corrected chi connectivity index (χ2v) is 3.50. The zero-order valence-corrected chi connectivity index (χ0v) is 9.49. The molecule has 0 saturated heterocycles. The fourth-order valence-electron chi connectivity index (χ4n) is 0.918. The molecule has 0 aliphatic heterocycles. The molecule has 0 aliphatic carbocycles. The van der Waals surface area contributed by atoms with Gasteiger partial charge in [-0.05, 0) is 24.3 Å². The van der Waals surface area contributed by atoms with Crippen molar-refractivity contribution in [3.63, 3.8) is 0 Å². The number of hydrogen-bond donors (Lipinski definition) is 0. The lowest BCUT2D eigenvalue weighted by Crippen LogP contribution is -2.18. The number of carbonyl (C=O) groups excluding carboxylic acids is 2. The van der Waals surface area contributed by atoms with Gasteiger partial charge in [0.1, 0.15) is 12.4 Å². The van der Waals surface area contributed by atoms with Crippen molar-refractivity contribution in [2.75, 3.05) is 13.2 Å². The van der Waals surface area contributed by atoms with Crippen LogP contribution in [-0.4, -0.2) is 25.0 Å². The molecule has 0 bridgehead atoms. The lowest BCUT2D eigenvalue weighted by atomic mass is 10.3. The number of halogens is 1. The highest BCUT2D eigenvalue weighted by Gasteiger charge is 2.05. The summed E-state index contributed by atoms with van der Waals surface area (Å²) in [6, 6.07) is 6.63. The predicted molar refractivity (Wildman–Crippen MR) is 58.6 cm³/mol. The van der Waals surface area contributed by atoms with E-state index in [1.807, 2.05) is 0 Å². The Hall–Kier alpha value is -1.55. The van der Waals surface area contributed by atoms with E-state index in [-0.39, 0.29) is 19.0 Å². The number of esters is 1. The van der Waals surface area contributed by atoms with Crippen LogP contribution in [0.2, 0.25) is 5.02 Å². The van der Waals surface area contributed by atoms with Crippen molar-refractivity contribution in [2.45, 2.75) is 6.92 Å². The van der Waals surface area contributed by atoms with Crippen LogP contribution in [0.4, 0.5) is 0 Å². The molecule has 0 aliphatic rings. The van der Waals surface area contributed by atoms with E-state index in [4.69, 9.17) is 16.3 Å². The molecule has 0 heterocycles. The Bertz CT molecular complexity index is 372. The SMILES string of the molecule is CC(=O)OCC(=O)COc1ccc(Cl)cc1. The van der Waals surface area contributed by atoms with Gasteiger partial charge in [-0.2, -0.15) is 0 Å². The van der Waals surface area contributed by atoms with Crippen molar-refractivity contribution in [3.05, 3.63) is 29.3 Å². The van der Waals surface area contributed by atoms with Crippen LogP contribution >= 0.6 is 11.6 Å². The number of carbonyl (C=O) groups is 2. The lowest BCUT2D eigenvalue weighted by Gasteiger charge is -2.05. The van der Waals surface area contributed by atoms with Gasteiger partial charge in [0.25, 0.3) is 0 Å². The fourth-order valence-corrected chi connectivity index (χ4v) is 1.04. The zero-order chi connectivity index (χ0) is 12.0. The van der Waals surface area contributed by atoms with E-state index in [0.29, 0.717) is 10.8 Å². The quantitative estimate of drug-likeness (QED) is 0.740. The normalized spacial score (nSPS) is 9.62. The molecular formula is C11H11ClO4. The maximum absolute atomic E-state index is 11.2. The first-order chi connectivity index (χ1) is 7.58. The Kier molecular flexibility index (Phi) is 4.79. The molecule has 1 rings (SSSR count). The molecule has 86 valence electrons. The van der Waals surface area contributed by atoms with Gasteiger partial charge in [-0.15, -0.1) is 0 Å². The van der Waals surface area contributed by atoms with E-state index in [2.05, 4.69) is 4.74 Å². The molecule has 0 spiro atoms. The van der Waals surface area contributed by atoms with Crippen molar-refractivity contribution in [3.8, 4) is 5.75 Å². The van der Waals surface area contributed by atoms with Crippen LogP contribution in [0.1, 0.15) is 6.92 Å². The van der Waals surface area contributed by atoms with E-state index < -0.39 is 5.97 Å². The molecule has 1 aromatic rings. The van der Waals surface area contributed by atoms with Crippen LogP contribution in [0.3, 0.4) is 0 Å². The van der Waals surface area contributed by atoms with E-state index in [1.165, 1.54) is 6.92 Å². The van der Waals surface area contributed by atoms with Gasteiger partial charge >= 0.3 is 5.97 Å². The summed E-state index contributed by atoms with van der Waals surface area (Å²) in [5, 5.41) is 0.596. The average Bonchev–Trinajstić information content (AvgIpc) is 2.25. The average molecular weight is 243 g/mol. The van der Waals surface area contributed by atoms with E-state index in [0.717, 1.165) is 0 Å². The molecule has 5 heteroatoms. The minimum absolute atomic E-state index is 0.130. The summed E-state index contributed by atoms with van der Waals surface area (Å²) in [4.78, 5) is 21.6. The van der Waals surface area contributed by atoms with Crippen molar-refractivity contribution >= 4 is 23.4 Å². The Morgan fingerprint density at radius 3 is 2.38 bits per heavy atom. The number of benzene rings is 1. The molecule has 0 fully saturated rings. The Labute approximate surface area is 98.1 Å². The summed E-state index contributed by atoms with van der Waals surface area (Å²) in [7, 11) is 0. The maximum atomic E-state index is 11.2. The van der Waals surface area contributed by atoms with Gasteiger partial charge in [-0.1, -0.05) is 11.6 Å². The molecule has 0 aromatic heterocycles. The van der Waals surface area contributed by atoms with Gasteiger partial charge in [-0.25, -0.2) is 0 Å². The number of rotatable bonds is 5. The van der Waals surface area contributed by atoms with E-state index >= 15 is 0 Å². The molecule has 0 atom stereocenters. The molecule has 1 aromatic carbocycles. The Morgan fingerprint density at radius 1 is 1.19 bits per heavy atom. The van der Waals surface area contributed by atoms with E-state index in [9.17, 15) is 9.59 Å². The monoisotopic (exact) mass is 242 g/mol. The van der Waals surface area contributed by atoms with Crippen LogP contribution in [0.15, 0.2) is 24.3 Å². The summed E-state index contributed by atoms with van der Waals surface area (Å²) >= 11 is 5.68. The van der Waals surface area contributed by atoms with E-state index in [1.54, 1.807) is 24.3 Å². The second-order valence-electron chi connectivity index (χ2n) is 3.06. The second kappa shape index (κ2) is 6.12. The van der Waals surface area contributed by atoms with Crippen LogP contribution < -0.4 is 4.74 Å². The smallest absolute Gasteiger partial charge is 0.303 e. The number of ether oxygens (including phenoxy) is 2. The summed E-state index contributed by atoms with van der Waals surface area (Å²) in [6.07, 6.45) is 0. The third-order valence-corrected chi connectivity index (χ3v) is 1.90. The summed E-state index contributed by atoms with van der Waals surface area (Å²) in [5.74, 6) is -0.245. The first kappa shape index (κ1) is 12.5. The molecule has 0 unspecified atom stereocenters. The zero-order valence-electron chi connectivity index (χ0n) is 8.73. The highest BCUT2D eigenvalue weighted by molar-refractivity contribution is 6.30. The van der Waals surface area contributed by atoms with Gasteiger partial charge in [0, 0.05) is 11.9 Å². The number of Topliss-reactive ketones (excluding diaryl/α,β-unsaturated/α-hetero) is 1. The van der Waals surface area contributed by atoms with Gasteiger partial charge in [0.15, 0.2) is 6.61 Å². The Morgan fingerprint density at radius 2 is 1.81 bits per heavy atom. The lowest BCUT2D eigenvalue weighted by molar-refractivity contribution is -0.146. The molecular weight excluding hydrogens is 232 g/mol. The summed E-state index contributed by atoms with van der Waals surface area (Å²) in [6.45, 7) is 0.852. The van der Waals surface area contributed by atoms with Gasteiger partial charge in [-0.3, -0.25) is 9.59 Å². The molecule has 0 saturated carbocycles. The molecule has 0 N–H and O–H groups in total. The molecule has 0 radical (unpaired) electrons. The predicted octanol–water partition coefficient (Wildman–Crippen LogP) is 1.85. The largest absolute Gasteiger partial charge is 0.486 e. The van der Waals surface area contributed by atoms with Crippen molar-refractivity contribution in [1.82, 2.24) is 0 Å². The summed E-state index contributed by atoms with van der Waals surface area (Å²) in [5.41, 5.74) is 0. The topological polar surface area (TPSA) is 52.6 Å². The third-order valence-electron chi connectivity index (χ3n) is 1.65. The van der Waals surface area contributed by atoms with Gasteiger partial charge in [0.05, 0.1) is 0 Å². The highest BCUT2D eigenvalue weighted by Crippen LogP contribution is 2.15. The first-order valence-electron chi connectivity index (χ1n) is 4.61. The van der Waals surface area contributed by atoms with Gasteiger partial charge < -0.3 is 9.47 Å². The van der Waals surface area contributed by atoms with Gasteiger partial charge in [0.2, 0.25) is 5.78 Å². The van der Waals surface area contributed by atoms with Crippen LogP contribution in [0.5, 0.6) is 5.75 Å². The van der Waals surface area contributed by atoms with Crippen molar-refractivity contribution in [2.24, 2.45) is 0 Å². The Balaban J connectivity index is 2.31. The van der Waals surface area contributed by atoms with Crippen LogP contribution in [-0.2, 0) is 14.3 Å². The molecule has 16 heavy (non-hydrogen) atoms. The number of hydrogen-bond acceptors (Lipinski definition) is 4. The standard InChI is InChI=1S/C11H11ClO4/c1-8(13)15-6-10(14)7-16-11-4-2-9(12)3-5-11/h2-5H,6-7H2,1H3. The number of ketones is 1. The maximum Gasteiger partial charge on any atom is 0.303 e. The molecule has 4 nitrogen and oxygen atoms in total. The third kappa shape index (κ3) is 4.79. The molecule has 0 amide bonds. The van der Waals surface area contributed by atoms with Crippen molar-refractivity contribution < 1.29 is 19.1 Å². The fraction of sp³-hybridized carbons (Fsp3) is 0.273. The van der Waals surface area contributed by atoms with Crippen molar-refractivity contribution in [1.29, 1.82) is 0 Å². The summed E-state index contributed by atoms with van der Waals surface area (Å²) < 4.78 is 9.68. The van der Waals surface area contributed by atoms with Crippen LogP contribution in [0, 0.1) is 0 Å². The highest BCUT2D eigenvalue weighted by atomic mass is 35.5. The van der Waals surface area contributed by atoms with Crippen LogP contribution in [0.25, 0.3) is 0 Å². The minimum atomic E-state index is -0.486. The minimum Gasteiger partial charge on any atom is -0.486 e.